The number of fused-ring (bicyclic) bond motifs is 5. The Hall–Kier alpha value is -3.60. The molecule has 2 heterocycles. The second-order valence-corrected chi connectivity index (χ2v) is 13.8. The SMILES string of the molecule is C[C@H]1C[C@@H]2C(C(=O)C[C@@]3(C)C2CC[C@]3(OC(=O)c2ccco2)C(=O)SCF)[C@@]2(C)CC(=CN)C(=Nc3ccc(F)nc3)C=C12. The summed E-state index contributed by atoms with van der Waals surface area (Å²) in [6, 6.07) is 4.84. The molecule has 4 aliphatic rings. The van der Waals surface area contributed by atoms with Crippen LogP contribution in [0.1, 0.15) is 63.4 Å². The van der Waals surface area contributed by atoms with Crippen LogP contribution in [0.25, 0.3) is 0 Å². The fraction of sp³-hybridized carbons (Fsp3) is 0.485. The van der Waals surface area contributed by atoms with Gasteiger partial charge in [-0.1, -0.05) is 26.3 Å². The normalized spacial score (nSPS) is 36.4. The highest BCUT2D eigenvalue weighted by Crippen LogP contribution is 2.69. The molecule has 8 nitrogen and oxygen atoms in total. The number of hydrogen-bond acceptors (Lipinski definition) is 9. The predicted octanol–water partition coefficient (Wildman–Crippen LogP) is 6.51. The van der Waals surface area contributed by atoms with Crippen LogP contribution >= 0.6 is 11.8 Å². The smallest absolute Gasteiger partial charge is 0.375 e. The molecule has 0 radical (unpaired) electrons. The number of pyridine rings is 1. The number of nitrogens with zero attached hydrogens (tertiary/aromatic N) is 2. The summed E-state index contributed by atoms with van der Waals surface area (Å²) in [7, 11) is 0. The number of hydrogen-bond donors (Lipinski definition) is 1. The largest absolute Gasteiger partial charge is 0.457 e. The van der Waals surface area contributed by atoms with Crippen molar-refractivity contribution in [2.45, 2.75) is 58.5 Å². The van der Waals surface area contributed by atoms with E-state index in [9.17, 15) is 23.2 Å². The zero-order chi connectivity index (χ0) is 31.4. The van der Waals surface area contributed by atoms with Crippen LogP contribution in [0.15, 0.2) is 69.6 Å². The summed E-state index contributed by atoms with van der Waals surface area (Å²) in [5.74, 6) is -1.95. The van der Waals surface area contributed by atoms with Gasteiger partial charge in [0.1, 0.15) is 11.8 Å². The van der Waals surface area contributed by atoms with E-state index in [-0.39, 0.29) is 48.1 Å². The number of alkyl halides is 1. The molecule has 2 aromatic heterocycles. The molecule has 0 aliphatic heterocycles. The van der Waals surface area contributed by atoms with Crippen LogP contribution in [0, 0.1) is 40.4 Å². The van der Waals surface area contributed by atoms with Crippen molar-refractivity contribution in [1.29, 1.82) is 0 Å². The predicted molar refractivity (Wildman–Crippen MR) is 161 cm³/mol. The Balaban J connectivity index is 1.39. The molecule has 0 saturated heterocycles. The number of esters is 1. The zero-order valence-corrected chi connectivity index (χ0v) is 25.7. The number of ether oxygens (including phenoxy) is 1. The molecular formula is C33H35F2N3O5S. The number of Topliss-reactive ketones (excluding diaryl/α,β-unsaturated/α-hetero) is 1. The average molecular weight is 624 g/mol. The minimum Gasteiger partial charge on any atom is -0.457 e. The third-order valence-corrected chi connectivity index (χ3v) is 11.4. The number of aromatic nitrogens is 1. The Bertz CT molecular complexity index is 1590. The molecule has 3 fully saturated rings. The maximum atomic E-state index is 14.4. The van der Waals surface area contributed by atoms with Crippen LogP contribution < -0.4 is 5.73 Å². The molecule has 0 aromatic carbocycles. The Kier molecular flexibility index (Phi) is 7.66. The van der Waals surface area contributed by atoms with Gasteiger partial charge in [0, 0.05) is 23.2 Å². The molecule has 3 saturated carbocycles. The Morgan fingerprint density at radius 1 is 1.27 bits per heavy atom. The third kappa shape index (κ3) is 4.57. The summed E-state index contributed by atoms with van der Waals surface area (Å²) in [5, 5.41) is -0.575. The van der Waals surface area contributed by atoms with Gasteiger partial charge >= 0.3 is 5.97 Å². The first-order chi connectivity index (χ1) is 21.0. The standard InChI is InChI=1S/C33H35F2N3O5S/c1-18-11-21-22-8-9-33(30(41)44-17-34,43-29(40)26-5-4-10-42-26)32(22,3)14-25(39)28(21)31(2)13-19(15-36)24(12-23(18)31)38-20-6-7-27(35)37-16-20/h4-7,10,12,15-16,18,21-22,28H,8-9,11,13-14,17,36H2,1-3H3/t18-,21-,22?,28?,31-,32-,33-/m0/s1. The van der Waals surface area contributed by atoms with Crippen LogP contribution in [-0.4, -0.2) is 39.2 Å². The second kappa shape index (κ2) is 11.1. The van der Waals surface area contributed by atoms with E-state index in [2.05, 4.69) is 18.8 Å². The first-order valence-corrected chi connectivity index (χ1v) is 15.8. The van der Waals surface area contributed by atoms with Gasteiger partial charge in [0.15, 0.2) is 5.60 Å². The molecule has 6 rings (SSSR count). The van der Waals surface area contributed by atoms with Crippen LogP contribution in [0.4, 0.5) is 14.5 Å². The highest BCUT2D eigenvalue weighted by molar-refractivity contribution is 8.13. The van der Waals surface area contributed by atoms with E-state index in [1.54, 1.807) is 12.1 Å². The Labute approximate surface area is 258 Å². The third-order valence-electron chi connectivity index (χ3n) is 10.7. The molecule has 0 spiro atoms. The number of carbonyl (C=O) groups excluding carboxylic acids is 3. The van der Waals surface area contributed by atoms with E-state index in [1.807, 2.05) is 13.0 Å². The summed E-state index contributed by atoms with van der Waals surface area (Å²) in [5.41, 5.74) is 5.91. The van der Waals surface area contributed by atoms with Gasteiger partial charge in [0.2, 0.25) is 16.8 Å². The van der Waals surface area contributed by atoms with Gasteiger partial charge in [-0.3, -0.25) is 9.59 Å². The number of ketones is 1. The van der Waals surface area contributed by atoms with Gasteiger partial charge in [-0.15, -0.1) is 0 Å². The van der Waals surface area contributed by atoms with Crippen molar-refractivity contribution in [3.8, 4) is 0 Å². The van der Waals surface area contributed by atoms with Crippen molar-refractivity contribution in [1.82, 2.24) is 4.98 Å². The fourth-order valence-electron chi connectivity index (χ4n) is 8.95. The quantitative estimate of drug-likeness (QED) is 0.295. The molecule has 4 aliphatic carbocycles. The maximum absolute atomic E-state index is 14.4. The number of rotatable bonds is 5. The van der Waals surface area contributed by atoms with E-state index in [0.717, 1.165) is 11.1 Å². The molecule has 11 heteroatoms. The zero-order valence-electron chi connectivity index (χ0n) is 24.8. The summed E-state index contributed by atoms with van der Waals surface area (Å²) >= 11 is 0.481. The number of thioether (sulfide) groups is 1. The van der Waals surface area contributed by atoms with Crippen LogP contribution in [0.5, 0.6) is 0 Å². The van der Waals surface area contributed by atoms with E-state index in [0.29, 0.717) is 42.4 Å². The van der Waals surface area contributed by atoms with Crippen molar-refractivity contribution in [3.05, 3.63) is 71.9 Å². The summed E-state index contributed by atoms with van der Waals surface area (Å²) in [6.45, 7) is 6.10. The minimum absolute atomic E-state index is 0.00749. The average Bonchev–Trinajstić information content (AvgIpc) is 3.62. The molecule has 2 unspecified atom stereocenters. The topological polar surface area (TPSA) is 125 Å². The van der Waals surface area contributed by atoms with Crippen LogP contribution in [0.3, 0.4) is 0 Å². The Morgan fingerprint density at radius 3 is 2.73 bits per heavy atom. The molecule has 0 bridgehead atoms. The number of nitrogens with two attached hydrogens (primary N) is 1. The van der Waals surface area contributed by atoms with E-state index in [4.69, 9.17) is 19.9 Å². The minimum atomic E-state index is -1.67. The van der Waals surface area contributed by atoms with E-state index < -0.39 is 39.5 Å². The maximum Gasteiger partial charge on any atom is 0.375 e. The highest BCUT2D eigenvalue weighted by atomic mass is 32.2. The van der Waals surface area contributed by atoms with E-state index in [1.165, 1.54) is 30.8 Å². The molecule has 2 aromatic rings. The lowest BCUT2D eigenvalue weighted by Crippen LogP contribution is -2.62. The summed E-state index contributed by atoms with van der Waals surface area (Å²) < 4.78 is 38.2. The van der Waals surface area contributed by atoms with Gasteiger partial charge in [-0.2, -0.15) is 4.39 Å². The summed E-state index contributed by atoms with van der Waals surface area (Å²) in [4.78, 5) is 49.7. The monoisotopic (exact) mass is 623 g/mol. The number of halogens is 2. The van der Waals surface area contributed by atoms with Gasteiger partial charge in [0.05, 0.1) is 23.9 Å². The first kappa shape index (κ1) is 30.4. The van der Waals surface area contributed by atoms with Crippen molar-refractivity contribution < 1.29 is 32.3 Å². The second-order valence-electron chi connectivity index (χ2n) is 12.9. The first-order valence-electron chi connectivity index (χ1n) is 14.8. The lowest BCUT2D eigenvalue weighted by molar-refractivity contribution is -0.165. The molecule has 0 amide bonds. The van der Waals surface area contributed by atoms with Gasteiger partial charge < -0.3 is 14.9 Å². The molecule has 7 atom stereocenters. The molecule has 44 heavy (non-hydrogen) atoms. The van der Waals surface area contributed by atoms with Gasteiger partial charge in [0.25, 0.3) is 0 Å². The van der Waals surface area contributed by atoms with E-state index >= 15 is 0 Å². The van der Waals surface area contributed by atoms with Gasteiger partial charge in [-0.25, -0.2) is 19.2 Å². The summed E-state index contributed by atoms with van der Waals surface area (Å²) in [6.07, 6.45) is 8.18. The molecular weight excluding hydrogens is 588 g/mol. The van der Waals surface area contributed by atoms with Crippen molar-refractivity contribution in [2.24, 2.45) is 45.2 Å². The number of furan rings is 1. The lowest BCUT2D eigenvalue weighted by Gasteiger charge is -2.59. The lowest BCUT2D eigenvalue weighted by atomic mass is 9.44. The van der Waals surface area contributed by atoms with Crippen LogP contribution in [-0.2, 0) is 14.3 Å². The van der Waals surface area contributed by atoms with Crippen LogP contribution in [0.2, 0.25) is 0 Å². The van der Waals surface area contributed by atoms with Crippen molar-refractivity contribution in [3.63, 3.8) is 0 Å². The molecule has 232 valence electrons. The highest BCUT2D eigenvalue weighted by Gasteiger charge is 2.71. The molecule has 2 N–H and O–H groups in total. The Morgan fingerprint density at radius 2 is 2.07 bits per heavy atom. The van der Waals surface area contributed by atoms with Gasteiger partial charge in [-0.05, 0) is 97.3 Å². The number of allylic oxidation sites excluding steroid dienone is 3. The number of aliphatic imine (C=N–C) groups is 1. The van der Waals surface area contributed by atoms with Crippen molar-refractivity contribution >= 4 is 40.0 Å². The number of carbonyl (C=O) groups is 3. The van der Waals surface area contributed by atoms with Crippen molar-refractivity contribution in [2.75, 3.05) is 6.01 Å². The fourth-order valence-corrected chi connectivity index (χ4v) is 9.66.